The number of nitro benzene ring substituents is 1. The van der Waals surface area contributed by atoms with Crippen molar-refractivity contribution in [3.8, 4) is 0 Å². The average molecular weight is 231 g/mol. The first-order chi connectivity index (χ1) is 7.56. The topological polar surface area (TPSA) is 67.2 Å². The number of anilines is 2. The molecular formula is C9H11F2N3O2. The highest BCUT2D eigenvalue weighted by Gasteiger charge is 2.19. The molecule has 0 atom stereocenters. The van der Waals surface area contributed by atoms with Gasteiger partial charge in [-0.05, 0) is 12.1 Å². The highest BCUT2D eigenvalue weighted by Crippen LogP contribution is 2.32. The van der Waals surface area contributed by atoms with Crippen molar-refractivity contribution in [1.82, 2.24) is 0 Å². The van der Waals surface area contributed by atoms with Gasteiger partial charge in [-0.25, -0.2) is 8.78 Å². The van der Waals surface area contributed by atoms with Gasteiger partial charge in [0.05, 0.1) is 11.5 Å². The smallest absolute Gasteiger partial charge is 0.315 e. The summed E-state index contributed by atoms with van der Waals surface area (Å²) in [5, 5.41) is 15.8. The Morgan fingerprint density at radius 1 is 1.44 bits per heavy atom. The monoisotopic (exact) mass is 231 g/mol. The summed E-state index contributed by atoms with van der Waals surface area (Å²) in [7, 11) is 1.53. The molecule has 7 heteroatoms. The Hall–Kier alpha value is -1.92. The van der Waals surface area contributed by atoms with Crippen molar-refractivity contribution in [2.45, 2.75) is 6.43 Å². The fourth-order valence-electron chi connectivity index (χ4n) is 1.27. The standard InChI is InChI=1S/C9H11F2N3O2/c1-12-6-3-2-4-7(9(6)14(15)16)13-5-8(10)11/h2-4,8,12-13H,5H2,1H3. The van der Waals surface area contributed by atoms with Crippen molar-refractivity contribution >= 4 is 17.1 Å². The fourth-order valence-corrected chi connectivity index (χ4v) is 1.27. The zero-order valence-corrected chi connectivity index (χ0v) is 8.54. The number of nitro groups is 1. The maximum atomic E-state index is 12.0. The van der Waals surface area contributed by atoms with Crippen LogP contribution in [0, 0.1) is 10.1 Å². The largest absolute Gasteiger partial charge is 0.382 e. The van der Waals surface area contributed by atoms with Crippen LogP contribution in [0.3, 0.4) is 0 Å². The minimum Gasteiger partial charge on any atom is -0.382 e. The predicted octanol–water partition coefficient (Wildman–Crippen LogP) is 2.31. The zero-order valence-electron chi connectivity index (χ0n) is 8.54. The summed E-state index contributed by atoms with van der Waals surface area (Å²) in [5.41, 5.74) is 0.132. The van der Waals surface area contributed by atoms with Crippen molar-refractivity contribution in [3.05, 3.63) is 28.3 Å². The van der Waals surface area contributed by atoms with Crippen LogP contribution in [0.1, 0.15) is 0 Å². The van der Waals surface area contributed by atoms with Crippen LogP contribution >= 0.6 is 0 Å². The van der Waals surface area contributed by atoms with E-state index in [1.807, 2.05) is 0 Å². The number of hydrogen-bond donors (Lipinski definition) is 2. The van der Waals surface area contributed by atoms with Gasteiger partial charge in [0.2, 0.25) is 0 Å². The zero-order chi connectivity index (χ0) is 12.1. The van der Waals surface area contributed by atoms with E-state index in [0.29, 0.717) is 0 Å². The molecule has 0 amide bonds. The summed E-state index contributed by atoms with van der Waals surface area (Å²) in [6.45, 7) is -0.617. The third-order valence-electron chi connectivity index (χ3n) is 1.93. The molecule has 0 aliphatic rings. The molecule has 1 rings (SSSR count). The second-order valence-electron chi connectivity index (χ2n) is 2.98. The van der Waals surface area contributed by atoms with Gasteiger partial charge in [-0.1, -0.05) is 6.07 Å². The quantitative estimate of drug-likeness (QED) is 0.602. The van der Waals surface area contributed by atoms with E-state index >= 15 is 0 Å². The second kappa shape index (κ2) is 5.24. The molecule has 0 saturated carbocycles. The Balaban J connectivity index is 3.02. The minimum absolute atomic E-state index is 0.0807. The molecule has 0 spiro atoms. The molecule has 0 heterocycles. The van der Waals surface area contributed by atoms with Crippen molar-refractivity contribution in [3.63, 3.8) is 0 Å². The van der Waals surface area contributed by atoms with Gasteiger partial charge in [0, 0.05) is 7.05 Å². The molecule has 0 unspecified atom stereocenters. The average Bonchev–Trinajstić information content (AvgIpc) is 2.25. The molecule has 0 radical (unpaired) electrons. The molecule has 88 valence electrons. The summed E-state index contributed by atoms with van der Waals surface area (Å²) in [6, 6.07) is 4.44. The lowest BCUT2D eigenvalue weighted by molar-refractivity contribution is -0.383. The number of alkyl halides is 2. The van der Waals surface area contributed by atoms with E-state index in [0.717, 1.165) is 0 Å². The number of hydrogen-bond acceptors (Lipinski definition) is 4. The van der Waals surface area contributed by atoms with Gasteiger partial charge in [-0.3, -0.25) is 10.1 Å². The highest BCUT2D eigenvalue weighted by atomic mass is 19.3. The molecule has 0 fully saturated rings. The first-order valence-electron chi connectivity index (χ1n) is 4.53. The molecular weight excluding hydrogens is 220 g/mol. The van der Waals surface area contributed by atoms with E-state index in [9.17, 15) is 18.9 Å². The van der Waals surface area contributed by atoms with Crippen LogP contribution in [0.15, 0.2) is 18.2 Å². The van der Waals surface area contributed by atoms with E-state index in [2.05, 4.69) is 10.6 Å². The molecule has 0 bridgehead atoms. The number of nitrogens with zero attached hydrogens (tertiary/aromatic N) is 1. The van der Waals surface area contributed by atoms with Gasteiger partial charge in [0.25, 0.3) is 6.43 Å². The Kier molecular flexibility index (Phi) is 3.98. The maximum Gasteiger partial charge on any atom is 0.315 e. The molecule has 16 heavy (non-hydrogen) atoms. The molecule has 1 aromatic carbocycles. The summed E-state index contributed by atoms with van der Waals surface area (Å²) in [6.07, 6.45) is -2.56. The number of halogens is 2. The van der Waals surface area contributed by atoms with Crippen LogP contribution in [0.5, 0.6) is 0 Å². The van der Waals surface area contributed by atoms with Crippen LogP contribution in [-0.4, -0.2) is 24.9 Å². The lowest BCUT2D eigenvalue weighted by Crippen LogP contribution is -2.12. The lowest BCUT2D eigenvalue weighted by Gasteiger charge is -2.09. The van der Waals surface area contributed by atoms with Crippen molar-refractivity contribution in [2.24, 2.45) is 0 Å². The van der Waals surface area contributed by atoms with Gasteiger partial charge in [0.15, 0.2) is 0 Å². The van der Waals surface area contributed by atoms with Crippen LogP contribution in [-0.2, 0) is 0 Å². The van der Waals surface area contributed by atoms with Gasteiger partial charge in [-0.2, -0.15) is 0 Å². The third kappa shape index (κ3) is 2.78. The van der Waals surface area contributed by atoms with E-state index in [-0.39, 0.29) is 17.1 Å². The summed E-state index contributed by atoms with van der Waals surface area (Å²) in [4.78, 5) is 10.2. The first kappa shape index (κ1) is 12.2. The third-order valence-corrected chi connectivity index (χ3v) is 1.93. The fraction of sp³-hybridized carbons (Fsp3) is 0.333. The van der Waals surface area contributed by atoms with Gasteiger partial charge in [0.1, 0.15) is 11.4 Å². The summed E-state index contributed by atoms with van der Waals surface area (Å²) in [5.74, 6) is 0. The van der Waals surface area contributed by atoms with Gasteiger partial charge < -0.3 is 10.6 Å². The van der Waals surface area contributed by atoms with E-state index < -0.39 is 17.9 Å². The predicted molar refractivity (Wildman–Crippen MR) is 57.1 cm³/mol. The Bertz CT molecular complexity index is 385. The van der Waals surface area contributed by atoms with E-state index in [4.69, 9.17) is 0 Å². The second-order valence-corrected chi connectivity index (χ2v) is 2.98. The van der Waals surface area contributed by atoms with Crippen LogP contribution in [0.4, 0.5) is 25.8 Å². The van der Waals surface area contributed by atoms with Gasteiger partial charge in [-0.15, -0.1) is 0 Å². The molecule has 0 aromatic heterocycles. The number of benzene rings is 1. The van der Waals surface area contributed by atoms with Crippen LogP contribution < -0.4 is 10.6 Å². The molecule has 0 saturated heterocycles. The van der Waals surface area contributed by atoms with Crippen molar-refractivity contribution in [2.75, 3.05) is 24.2 Å². The van der Waals surface area contributed by atoms with Crippen molar-refractivity contribution < 1.29 is 13.7 Å². The SMILES string of the molecule is CNc1cccc(NCC(F)F)c1[N+](=O)[O-]. The molecule has 2 N–H and O–H groups in total. The molecule has 5 nitrogen and oxygen atoms in total. The first-order valence-corrected chi connectivity index (χ1v) is 4.53. The summed E-state index contributed by atoms with van der Waals surface area (Å²) < 4.78 is 24.0. The number of rotatable bonds is 5. The van der Waals surface area contributed by atoms with Crippen LogP contribution in [0.25, 0.3) is 0 Å². The lowest BCUT2D eigenvalue weighted by atomic mass is 10.2. The van der Waals surface area contributed by atoms with E-state index in [1.165, 1.54) is 19.2 Å². The van der Waals surface area contributed by atoms with Gasteiger partial charge >= 0.3 is 5.69 Å². The molecule has 0 aliphatic carbocycles. The molecule has 0 aliphatic heterocycles. The normalized spacial score (nSPS) is 10.2. The number of nitrogens with one attached hydrogen (secondary N) is 2. The van der Waals surface area contributed by atoms with E-state index in [1.54, 1.807) is 6.07 Å². The van der Waals surface area contributed by atoms with Crippen LogP contribution in [0.2, 0.25) is 0 Å². The number of para-hydroxylation sites is 1. The Labute approximate surface area is 90.6 Å². The summed E-state index contributed by atoms with van der Waals surface area (Å²) >= 11 is 0. The molecule has 1 aromatic rings. The highest BCUT2D eigenvalue weighted by molar-refractivity contribution is 5.75. The minimum atomic E-state index is -2.56. The Morgan fingerprint density at radius 3 is 2.56 bits per heavy atom. The Morgan fingerprint density at radius 2 is 2.06 bits per heavy atom. The maximum absolute atomic E-state index is 12.0. The van der Waals surface area contributed by atoms with Crippen molar-refractivity contribution in [1.29, 1.82) is 0 Å².